The van der Waals surface area contributed by atoms with Crippen molar-refractivity contribution in [3.05, 3.63) is 109 Å². The molecular formula is C31H26N2O7S. The fourth-order valence-corrected chi connectivity index (χ4v) is 5.92. The molecule has 0 saturated heterocycles. The average molecular weight is 571 g/mol. The van der Waals surface area contributed by atoms with Crippen LogP contribution in [0.25, 0.3) is 11.8 Å². The van der Waals surface area contributed by atoms with Crippen LogP contribution in [0, 0.1) is 0 Å². The Morgan fingerprint density at radius 3 is 2.61 bits per heavy atom. The molecule has 2 aliphatic heterocycles. The predicted octanol–water partition coefficient (Wildman–Crippen LogP) is 3.68. The van der Waals surface area contributed by atoms with Crippen LogP contribution in [0.15, 0.2) is 82.1 Å². The molecule has 10 heteroatoms. The van der Waals surface area contributed by atoms with Crippen molar-refractivity contribution in [1.82, 2.24) is 4.57 Å². The van der Waals surface area contributed by atoms with Crippen LogP contribution in [0.1, 0.15) is 29.7 Å². The van der Waals surface area contributed by atoms with E-state index >= 15 is 0 Å². The summed E-state index contributed by atoms with van der Waals surface area (Å²) >= 11 is 1.23. The van der Waals surface area contributed by atoms with Gasteiger partial charge in [0.1, 0.15) is 11.5 Å². The third kappa shape index (κ3) is 4.76. The first-order chi connectivity index (χ1) is 20.0. The van der Waals surface area contributed by atoms with Crippen LogP contribution < -0.4 is 33.8 Å². The Kier molecular flexibility index (Phi) is 7.07. The minimum atomic E-state index is -0.829. The van der Waals surface area contributed by atoms with E-state index in [0.717, 1.165) is 5.56 Å². The molecule has 41 heavy (non-hydrogen) atoms. The first-order valence-electron chi connectivity index (χ1n) is 12.9. The molecule has 3 aromatic carbocycles. The normalized spacial score (nSPS) is 15.8. The largest absolute Gasteiger partial charge is 0.497 e. The summed E-state index contributed by atoms with van der Waals surface area (Å²) in [5.41, 5.74) is 2.45. The molecule has 0 amide bonds. The molecule has 4 aromatic rings. The van der Waals surface area contributed by atoms with Crippen LogP contribution in [-0.4, -0.2) is 38.2 Å². The summed E-state index contributed by atoms with van der Waals surface area (Å²) in [4.78, 5) is 33.1. The standard InChI is InChI=1S/C31H26N2O7S/c1-4-38-30(35)26-27(18-8-6-5-7-9-18)32-31-33(28(26)19-10-12-23-24(15-19)40-17-39-23)29(34)25(41-31)16-20-14-21(36-2)11-13-22(20)37-3/h5-16,28H,4,17H2,1-3H3/b25-16-/t28-/m1/s1. The Labute approximate surface area is 239 Å². The molecule has 0 radical (unpaired) electrons. The summed E-state index contributed by atoms with van der Waals surface area (Å²) in [7, 11) is 3.14. The van der Waals surface area contributed by atoms with E-state index < -0.39 is 12.0 Å². The number of fused-ring (bicyclic) bond motifs is 2. The Hall–Kier alpha value is -4.83. The van der Waals surface area contributed by atoms with Gasteiger partial charge in [-0.05, 0) is 48.9 Å². The highest BCUT2D eigenvalue weighted by atomic mass is 32.1. The van der Waals surface area contributed by atoms with Crippen LogP contribution in [-0.2, 0) is 9.53 Å². The topological polar surface area (TPSA) is 97.6 Å². The highest BCUT2D eigenvalue weighted by Gasteiger charge is 2.36. The van der Waals surface area contributed by atoms with Gasteiger partial charge < -0.3 is 23.7 Å². The van der Waals surface area contributed by atoms with Crippen molar-refractivity contribution in [1.29, 1.82) is 0 Å². The van der Waals surface area contributed by atoms with Gasteiger partial charge in [-0.25, -0.2) is 9.79 Å². The lowest BCUT2D eigenvalue weighted by atomic mass is 9.93. The molecule has 1 aromatic heterocycles. The summed E-state index contributed by atoms with van der Waals surface area (Å²) in [6.07, 6.45) is 1.75. The number of carbonyl (C=O) groups is 1. The summed E-state index contributed by atoms with van der Waals surface area (Å²) in [6.45, 7) is 2.01. The van der Waals surface area contributed by atoms with Crippen LogP contribution in [0.5, 0.6) is 23.0 Å². The number of esters is 1. The monoisotopic (exact) mass is 570 g/mol. The maximum atomic E-state index is 14.1. The summed E-state index contributed by atoms with van der Waals surface area (Å²) in [5, 5.41) is 0. The summed E-state index contributed by atoms with van der Waals surface area (Å²) in [6, 6.07) is 19.3. The van der Waals surface area contributed by atoms with Crippen LogP contribution >= 0.6 is 11.3 Å². The lowest BCUT2D eigenvalue weighted by Crippen LogP contribution is -2.40. The molecular weight excluding hydrogens is 544 g/mol. The number of thiazole rings is 1. The van der Waals surface area contributed by atoms with E-state index in [9.17, 15) is 9.59 Å². The van der Waals surface area contributed by atoms with Gasteiger partial charge in [0, 0.05) is 11.1 Å². The maximum Gasteiger partial charge on any atom is 0.338 e. The van der Waals surface area contributed by atoms with E-state index in [-0.39, 0.29) is 24.5 Å². The van der Waals surface area contributed by atoms with Gasteiger partial charge in [0.25, 0.3) is 5.56 Å². The molecule has 3 heterocycles. The maximum absolute atomic E-state index is 14.1. The number of rotatable bonds is 7. The fourth-order valence-electron chi connectivity index (χ4n) is 4.93. The third-order valence-electron chi connectivity index (χ3n) is 6.81. The zero-order chi connectivity index (χ0) is 28.5. The Morgan fingerprint density at radius 1 is 1.05 bits per heavy atom. The first-order valence-corrected chi connectivity index (χ1v) is 13.7. The summed E-state index contributed by atoms with van der Waals surface area (Å²) < 4.78 is 29.6. The molecule has 0 saturated carbocycles. The number of benzene rings is 3. The van der Waals surface area contributed by atoms with E-state index in [1.165, 1.54) is 11.3 Å². The molecule has 0 fully saturated rings. The zero-order valence-electron chi connectivity index (χ0n) is 22.6. The fraction of sp³-hybridized carbons (Fsp3) is 0.194. The zero-order valence-corrected chi connectivity index (χ0v) is 23.4. The number of aromatic nitrogens is 1. The molecule has 1 atom stereocenters. The van der Waals surface area contributed by atoms with Gasteiger partial charge >= 0.3 is 5.97 Å². The Balaban J connectivity index is 1.65. The van der Waals surface area contributed by atoms with Gasteiger partial charge in [-0.1, -0.05) is 47.7 Å². The lowest BCUT2D eigenvalue weighted by molar-refractivity contribution is -0.138. The minimum absolute atomic E-state index is 0.0970. The molecule has 2 aliphatic rings. The van der Waals surface area contributed by atoms with Crippen molar-refractivity contribution in [2.24, 2.45) is 4.99 Å². The third-order valence-corrected chi connectivity index (χ3v) is 7.79. The predicted molar refractivity (Wildman–Crippen MR) is 153 cm³/mol. The average Bonchev–Trinajstić information content (AvgIpc) is 3.60. The van der Waals surface area contributed by atoms with Crippen LogP contribution in [0.2, 0.25) is 0 Å². The molecule has 9 nitrogen and oxygen atoms in total. The smallest absolute Gasteiger partial charge is 0.338 e. The van der Waals surface area contributed by atoms with Crippen molar-refractivity contribution in [2.45, 2.75) is 13.0 Å². The second-order valence-electron chi connectivity index (χ2n) is 9.15. The SMILES string of the molecule is CCOC(=O)C1=C(c2ccccc2)N=c2s/c(=C\c3cc(OC)ccc3OC)c(=O)n2[C@@H]1c1ccc2c(c1)OCO2. The number of hydrogen-bond acceptors (Lipinski definition) is 9. The number of nitrogens with zero attached hydrogens (tertiary/aromatic N) is 2. The van der Waals surface area contributed by atoms with Crippen molar-refractivity contribution >= 4 is 29.1 Å². The molecule has 0 aliphatic carbocycles. The van der Waals surface area contributed by atoms with Gasteiger partial charge in [0.2, 0.25) is 6.79 Å². The highest BCUT2D eigenvalue weighted by molar-refractivity contribution is 7.07. The van der Waals surface area contributed by atoms with Crippen molar-refractivity contribution in [3.63, 3.8) is 0 Å². The van der Waals surface area contributed by atoms with Crippen LogP contribution in [0.3, 0.4) is 0 Å². The van der Waals surface area contributed by atoms with Crippen molar-refractivity contribution < 1.29 is 28.5 Å². The van der Waals surface area contributed by atoms with Crippen LogP contribution in [0.4, 0.5) is 0 Å². The summed E-state index contributed by atoms with van der Waals surface area (Å²) in [5.74, 6) is 1.78. The van der Waals surface area contributed by atoms with Gasteiger partial charge in [0.05, 0.1) is 42.7 Å². The van der Waals surface area contributed by atoms with Crippen molar-refractivity contribution in [2.75, 3.05) is 27.6 Å². The van der Waals surface area contributed by atoms with E-state index in [1.54, 1.807) is 62.1 Å². The number of methoxy groups -OCH3 is 2. The van der Waals surface area contributed by atoms with Crippen molar-refractivity contribution in [3.8, 4) is 23.0 Å². The van der Waals surface area contributed by atoms with Gasteiger partial charge in [-0.3, -0.25) is 9.36 Å². The second kappa shape index (κ2) is 11.0. The molecule has 6 rings (SSSR count). The molecule has 0 bridgehead atoms. The Morgan fingerprint density at radius 2 is 1.85 bits per heavy atom. The molecule has 0 unspecified atom stereocenters. The lowest BCUT2D eigenvalue weighted by Gasteiger charge is -2.26. The molecule has 0 N–H and O–H groups in total. The first kappa shape index (κ1) is 26.4. The molecule has 208 valence electrons. The number of ether oxygens (including phenoxy) is 5. The Bertz CT molecular complexity index is 1860. The van der Waals surface area contributed by atoms with E-state index in [1.807, 2.05) is 36.4 Å². The van der Waals surface area contributed by atoms with Gasteiger partial charge in [-0.15, -0.1) is 0 Å². The minimum Gasteiger partial charge on any atom is -0.497 e. The number of carbonyl (C=O) groups excluding carboxylic acids is 1. The quantitative estimate of drug-likeness (QED) is 0.313. The second-order valence-corrected chi connectivity index (χ2v) is 10.2. The van der Waals surface area contributed by atoms with Gasteiger partial charge in [-0.2, -0.15) is 0 Å². The highest BCUT2D eigenvalue weighted by Crippen LogP contribution is 2.40. The van der Waals surface area contributed by atoms with E-state index in [2.05, 4.69) is 0 Å². The molecule has 0 spiro atoms. The van der Waals surface area contributed by atoms with Gasteiger partial charge in [0.15, 0.2) is 16.3 Å². The number of hydrogen-bond donors (Lipinski definition) is 0. The van der Waals surface area contributed by atoms with E-state index in [4.69, 9.17) is 28.7 Å². The van der Waals surface area contributed by atoms with E-state index in [0.29, 0.717) is 49.2 Å².